The molecule has 7 nitrogen and oxygen atoms in total. The summed E-state index contributed by atoms with van der Waals surface area (Å²) in [6.07, 6.45) is 1.99. The molecule has 0 aliphatic carbocycles. The number of amides is 3. The van der Waals surface area contributed by atoms with E-state index in [0.717, 1.165) is 16.7 Å². The first-order chi connectivity index (χ1) is 12.4. The van der Waals surface area contributed by atoms with Crippen molar-refractivity contribution in [3.8, 4) is 17.2 Å². The van der Waals surface area contributed by atoms with Crippen molar-refractivity contribution in [1.82, 2.24) is 9.88 Å². The first-order valence-electron chi connectivity index (χ1n) is 7.96. The number of aliphatic imine (C=N–C) groups is 1. The minimum absolute atomic E-state index is 0.308. The average Bonchev–Trinajstić information content (AvgIpc) is 2.61. The van der Waals surface area contributed by atoms with E-state index in [4.69, 9.17) is 0 Å². The van der Waals surface area contributed by atoms with Gasteiger partial charge in [-0.15, -0.1) is 0 Å². The molecule has 3 amide bonds. The predicted octanol–water partition coefficient (Wildman–Crippen LogP) is 3.81. The van der Waals surface area contributed by atoms with Crippen LogP contribution in [-0.4, -0.2) is 32.8 Å². The SMILES string of the molecule is CC1=NC(=O)N(C(=O)O)C(c2cccc(-c3cnccc3C)c2)C1C#N. The van der Waals surface area contributed by atoms with Gasteiger partial charge in [-0.25, -0.2) is 19.5 Å². The molecule has 1 aliphatic heterocycles. The maximum atomic E-state index is 12.1. The van der Waals surface area contributed by atoms with E-state index in [1.54, 1.807) is 37.5 Å². The van der Waals surface area contributed by atoms with Gasteiger partial charge in [0.15, 0.2) is 0 Å². The van der Waals surface area contributed by atoms with Gasteiger partial charge in [0.2, 0.25) is 0 Å². The number of carboxylic acid groups (broad SMARTS) is 1. The smallest absolute Gasteiger partial charge is 0.416 e. The Hall–Kier alpha value is -3.53. The molecule has 0 fully saturated rings. The molecule has 130 valence electrons. The topological polar surface area (TPSA) is 107 Å². The van der Waals surface area contributed by atoms with Gasteiger partial charge in [0.1, 0.15) is 5.92 Å². The number of carbonyl (C=O) groups is 2. The largest absolute Gasteiger partial charge is 0.465 e. The Bertz CT molecular complexity index is 961. The molecule has 0 radical (unpaired) electrons. The summed E-state index contributed by atoms with van der Waals surface area (Å²) >= 11 is 0. The third-order valence-electron chi connectivity index (χ3n) is 4.45. The molecule has 1 aliphatic rings. The van der Waals surface area contributed by atoms with E-state index in [9.17, 15) is 20.0 Å². The first kappa shape index (κ1) is 17.3. The number of aromatic nitrogens is 1. The van der Waals surface area contributed by atoms with Crippen LogP contribution in [0.5, 0.6) is 0 Å². The minimum atomic E-state index is -1.43. The second-order valence-electron chi connectivity index (χ2n) is 6.06. The zero-order chi connectivity index (χ0) is 18.8. The van der Waals surface area contributed by atoms with Crippen LogP contribution in [0.2, 0.25) is 0 Å². The molecule has 26 heavy (non-hydrogen) atoms. The van der Waals surface area contributed by atoms with E-state index in [-0.39, 0.29) is 0 Å². The van der Waals surface area contributed by atoms with Crippen LogP contribution in [0.25, 0.3) is 11.1 Å². The maximum Gasteiger partial charge on any atom is 0.416 e. The van der Waals surface area contributed by atoms with Crippen LogP contribution < -0.4 is 0 Å². The predicted molar refractivity (Wildman–Crippen MR) is 94.6 cm³/mol. The molecule has 0 saturated carbocycles. The Morgan fingerprint density at radius 2 is 2.08 bits per heavy atom. The van der Waals surface area contributed by atoms with Crippen LogP contribution in [0.3, 0.4) is 0 Å². The van der Waals surface area contributed by atoms with Crippen LogP contribution in [0, 0.1) is 24.2 Å². The highest BCUT2D eigenvalue weighted by atomic mass is 16.4. The summed E-state index contributed by atoms with van der Waals surface area (Å²) in [5.41, 5.74) is 3.62. The number of pyridine rings is 1. The molecule has 2 atom stereocenters. The summed E-state index contributed by atoms with van der Waals surface area (Å²) in [4.78, 5) is 32.2. The molecule has 0 spiro atoms. The first-order valence-corrected chi connectivity index (χ1v) is 7.96. The number of hydrogen-bond donors (Lipinski definition) is 1. The zero-order valence-electron chi connectivity index (χ0n) is 14.2. The van der Waals surface area contributed by atoms with Crippen molar-refractivity contribution >= 4 is 17.8 Å². The van der Waals surface area contributed by atoms with E-state index < -0.39 is 24.1 Å². The number of nitrogens with zero attached hydrogens (tertiary/aromatic N) is 4. The zero-order valence-corrected chi connectivity index (χ0v) is 14.2. The molecular formula is C19H16N4O3. The lowest BCUT2D eigenvalue weighted by molar-refractivity contribution is 0.129. The second kappa shape index (κ2) is 6.76. The highest BCUT2D eigenvalue weighted by Gasteiger charge is 2.42. The molecule has 2 aromatic rings. The quantitative estimate of drug-likeness (QED) is 0.888. The monoisotopic (exact) mass is 348 g/mol. The van der Waals surface area contributed by atoms with Gasteiger partial charge < -0.3 is 5.11 Å². The van der Waals surface area contributed by atoms with Crippen molar-refractivity contribution < 1.29 is 14.7 Å². The third kappa shape index (κ3) is 2.93. The van der Waals surface area contributed by atoms with Crippen LogP contribution >= 0.6 is 0 Å². The molecule has 2 heterocycles. The summed E-state index contributed by atoms with van der Waals surface area (Å²) < 4.78 is 0. The molecule has 1 aromatic carbocycles. The third-order valence-corrected chi connectivity index (χ3v) is 4.45. The van der Waals surface area contributed by atoms with E-state index in [2.05, 4.69) is 16.0 Å². The molecule has 7 heteroatoms. The van der Waals surface area contributed by atoms with Gasteiger partial charge in [-0.1, -0.05) is 18.2 Å². The number of benzene rings is 1. The Kier molecular flexibility index (Phi) is 4.50. The Balaban J connectivity index is 2.14. The fourth-order valence-electron chi connectivity index (χ4n) is 3.13. The summed E-state index contributed by atoms with van der Waals surface area (Å²) in [5.74, 6) is -0.839. The van der Waals surface area contributed by atoms with Gasteiger partial charge in [-0.2, -0.15) is 5.26 Å². The lowest BCUT2D eigenvalue weighted by Gasteiger charge is -2.33. The standard InChI is InChI=1S/C19H16N4O3/c1-11-6-7-21-10-16(11)13-4-3-5-14(8-13)17-15(9-20)12(2)22-18(24)23(17)19(25)26/h3-8,10,15,17H,1-2H3,(H,25,26). The lowest BCUT2D eigenvalue weighted by atomic mass is 9.87. The summed E-state index contributed by atoms with van der Waals surface area (Å²) in [6.45, 7) is 3.51. The number of rotatable bonds is 2. The number of urea groups is 1. The van der Waals surface area contributed by atoms with E-state index in [1.165, 1.54) is 0 Å². The van der Waals surface area contributed by atoms with E-state index in [1.807, 2.05) is 19.1 Å². The number of imide groups is 1. The fourth-order valence-corrected chi connectivity index (χ4v) is 3.13. The summed E-state index contributed by atoms with van der Waals surface area (Å²) in [5, 5.41) is 19.0. The van der Waals surface area contributed by atoms with Gasteiger partial charge in [0.05, 0.1) is 12.1 Å². The van der Waals surface area contributed by atoms with Crippen LogP contribution in [-0.2, 0) is 0 Å². The highest BCUT2D eigenvalue weighted by Crippen LogP contribution is 2.35. The maximum absolute atomic E-state index is 12.1. The van der Waals surface area contributed by atoms with Crippen molar-refractivity contribution in [2.75, 3.05) is 0 Å². The Labute approximate surface area is 150 Å². The summed E-state index contributed by atoms with van der Waals surface area (Å²) in [7, 11) is 0. The number of aryl methyl sites for hydroxylation is 1. The highest BCUT2D eigenvalue weighted by molar-refractivity contribution is 6.04. The fraction of sp³-hybridized carbons (Fsp3) is 0.211. The molecule has 0 saturated heterocycles. The number of carbonyl (C=O) groups excluding carboxylic acids is 1. The van der Waals surface area contributed by atoms with Gasteiger partial charge in [-0.3, -0.25) is 4.98 Å². The van der Waals surface area contributed by atoms with Gasteiger partial charge >= 0.3 is 12.1 Å². The van der Waals surface area contributed by atoms with Crippen LogP contribution in [0.4, 0.5) is 9.59 Å². The normalized spacial score (nSPS) is 19.7. The van der Waals surface area contributed by atoms with Crippen LogP contribution in [0.15, 0.2) is 47.7 Å². The minimum Gasteiger partial charge on any atom is -0.465 e. The number of nitriles is 1. The Morgan fingerprint density at radius 1 is 1.31 bits per heavy atom. The van der Waals surface area contributed by atoms with Crippen LogP contribution in [0.1, 0.15) is 24.1 Å². The van der Waals surface area contributed by atoms with Crippen molar-refractivity contribution in [2.45, 2.75) is 19.9 Å². The molecule has 0 bridgehead atoms. The van der Waals surface area contributed by atoms with Crippen molar-refractivity contribution in [3.63, 3.8) is 0 Å². The second-order valence-corrected chi connectivity index (χ2v) is 6.06. The molecule has 1 N–H and O–H groups in total. The van der Waals surface area contributed by atoms with Crippen molar-refractivity contribution in [2.24, 2.45) is 10.9 Å². The van der Waals surface area contributed by atoms with Gasteiger partial charge in [0, 0.05) is 23.7 Å². The van der Waals surface area contributed by atoms with Gasteiger partial charge in [0.25, 0.3) is 0 Å². The van der Waals surface area contributed by atoms with Crippen molar-refractivity contribution in [3.05, 3.63) is 53.9 Å². The van der Waals surface area contributed by atoms with Gasteiger partial charge in [-0.05, 0) is 42.7 Å². The lowest BCUT2D eigenvalue weighted by Crippen LogP contribution is -2.46. The molecular weight excluding hydrogens is 332 g/mol. The van der Waals surface area contributed by atoms with Crippen molar-refractivity contribution in [1.29, 1.82) is 5.26 Å². The number of hydrogen-bond acceptors (Lipinski definition) is 4. The average molecular weight is 348 g/mol. The Morgan fingerprint density at radius 3 is 2.73 bits per heavy atom. The summed E-state index contributed by atoms with van der Waals surface area (Å²) in [6, 6.07) is 9.29. The molecule has 3 rings (SSSR count). The van der Waals surface area contributed by atoms with E-state index in [0.29, 0.717) is 16.2 Å². The molecule has 2 unspecified atom stereocenters. The molecule has 1 aromatic heterocycles. The van der Waals surface area contributed by atoms with E-state index >= 15 is 0 Å².